The van der Waals surface area contributed by atoms with Crippen LogP contribution < -0.4 is 10.2 Å². The predicted molar refractivity (Wildman–Crippen MR) is 124 cm³/mol. The molecule has 1 saturated heterocycles. The monoisotopic (exact) mass is 423 g/mol. The van der Waals surface area contributed by atoms with Crippen molar-refractivity contribution in [2.45, 2.75) is 52.1 Å². The largest absolute Gasteiger partial charge is 0.418 e. The summed E-state index contributed by atoms with van der Waals surface area (Å²) >= 11 is 0. The number of fused-ring (bicyclic) bond motifs is 1. The zero-order chi connectivity index (χ0) is 21.8. The molecule has 0 radical (unpaired) electrons. The number of carbonyl (C=O) groups is 1. The smallest absolute Gasteiger partial charge is 0.298 e. The number of carbonyl (C=O) groups excluding carboxylic acids is 1. The van der Waals surface area contributed by atoms with Crippen LogP contribution in [0, 0.1) is 0 Å². The van der Waals surface area contributed by atoms with Crippen LogP contribution in [-0.2, 0) is 6.42 Å². The molecular weight excluding hydrogens is 390 g/mol. The number of amides is 1. The van der Waals surface area contributed by atoms with E-state index in [0.29, 0.717) is 12.1 Å². The third kappa shape index (κ3) is 4.93. The lowest BCUT2D eigenvalue weighted by molar-refractivity contribution is 0.0907. The van der Waals surface area contributed by atoms with Gasteiger partial charge in [0.25, 0.3) is 11.9 Å². The molecule has 1 aliphatic heterocycles. The summed E-state index contributed by atoms with van der Waals surface area (Å²) in [6.07, 6.45) is 6.28. The van der Waals surface area contributed by atoms with Crippen molar-refractivity contribution in [2.75, 3.05) is 31.1 Å². The van der Waals surface area contributed by atoms with E-state index in [4.69, 9.17) is 4.42 Å². The van der Waals surface area contributed by atoms with Crippen molar-refractivity contribution in [2.24, 2.45) is 0 Å². The van der Waals surface area contributed by atoms with Crippen LogP contribution in [0.1, 0.15) is 49.7 Å². The molecule has 166 valence electrons. The third-order valence-electron chi connectivity index (χ3n) is 6.15. The van der Waals surface area contributed by atoms with Gasteiger partial charge in [-0.15, -0.1) is 0 Å². The van der Waals surface area contributed by atoms with Gasteiger partial charge in [0.2, 0.25) is 5.76 Å². The van der Waals surface area contributed by atoms with E-state index in [2.05, 4.69) is 58.0 Å². The average molecular weight is 424 g/mol. The number of rotatable bonds is 8. The summed E-state index contributed by atoms with van der Waals surface area (Å²) in [4.78, 5) is 25.1. The van der Waals surface area contributed by atoms with Crippen molar-refractivity contribution >= 4 is 22.8 Å². The number of piperazine rings is 1. The summed E-state index contributed by atoms with van der Waals surface area (Å²) in [6.45, 7) is 10.2. The SMILES string of the molecule is CCCC(Cc1c[nH]c2ccccc12)NC(=O)c1cnc(N2CCN(C(C)C)CC2)o1. The Morgan fingerprint density at radius 2 is 2.00 bits per heavy atom. The zero-order valence-electron chi connectivity index (χ0n) is 18.7. The summed E-state index contributed by atoms with van der Waals surface area (Å²) in [6, 6.07) is 9.39. The van der Waals surface area contributed by atoms with Crippen LogP contribution in [0.25, 0.3) is 10.9 Å². The summed E-state index contributed by atoms with van der Waals surface area (Å²) in [5.74, 6) is 0.0826. The molecular formula is C24H33N5O2. The van der Waals surface area contributed by atoms with E-state index < -0.39 is 0 Å². The molecule has 7 nitrogen and oxygen atoms in total. The highest BCUT2D eigenvalue weighted by Crippen LogP contribution is 2.21. The third-order valence-corrected chi connectivity index (χ3v) is 6.15. The number of nitrogens with zero attached hydrogens (tertiary/aromatic N) is 3. The number of benzene rings is 1. The molecule has 1 unspecified atom stereocenters. The van der Waals surface area contributed by atoms with Gasteiger partial charge in [-0.25, -0.2) is 4.98 Å². The van der Waals surface area contributed by atoms with Gasteiger partial charge in [-0.05, 0) is 38.3 Å². The van der Waals surface area contributed by atoms with Crippen molar-refractivity contribution in [3.8, 4) is 0 Å². The zero-order valence-corrected chi connectivity index (χ0v) is 18.7. The fourth-order valence-corrected chi connectivity index (χ4v) is 4.34. The van der Waals surface area contributed by atoms with Crippen molar-refractivity contribution in [3.63, 3.8) is 0 Å². The highest BCUT2D eigenvalue weighted by Gasteiger charge is 2.24. The quantitative estimate of drug-likeness (QED) is 0.576. The lowest BCUT2D eigenvalue weighted by atomic mass is 10.0. The summed E-state index contributed by atoms with van der Waals surface area (Å²) in [5, 5.41) is 4.37. The van der Waals surface area contributed by atoms with E-state index in [1.54, 1.807) is 6.20 Å². The summed E-state index contributed by atoms with van der Waals surface area (Å²) in [5.41, 5.74) is 2.34. The first-order valence-electron chi connectivity index (χ1n) is 11.4. The Labute approximate surface area is 183 Å². The Balaban J connectivity index is 1.39. The second-order valence-electron chi connectivity index (χ2n) is 8.65. The number of nitrogens with one attached hydrogen (secondary N) is 2. The maximum absolute atomic E-state index is 12.9. The Morgan fingerprint density at radius 3 is 2.74 bits per heavy atom. The lowest BCUT2D eigenvalue weighted by Crippen LogP contribution is -2.49. The molecule has 0 bridgehead atoms. The molecule has 1 aliphatic rings. The molecule has 3 heterocycles. The predicted octanol–water partition coefficient (Wildman–Crippen LogP) is 3.83. The minimum Gasteiger partial charge on any atom is -0.418 e. The van der Waals surface area contributed by atoms with E-state index in [-0.39, 0.29) is 17.7 Å². The highest BCUT2D eigenvalue weighted by atomic mass is 16.4. The lowest BCUT2D eigenvalue weighted by Gasteiger charge is -2.36. The van der Waals surface area contributed by atoms with E-state index >= 15 is 0 Å². The fourth-order valence-electron chi connectivity index (χ4n) is 4.34. The summed E-state index contributed by atoms with van der Waals surface area (Å²) in [7, 11) is 0. The van der Waals surface area contributed by atoms with Crippen LogP contribution in [0.15, 0.2) is 41.1 Å². The van der Waals surface area contributed by atoms with Crippen molar-refractivity contribution in [3.05, 3.63) is 48.0 Å². The molecule has 31 heavy (non-hydrogen) atoms. The minimum atomic E-state index is -0.196. The Kier molecular flexibility index (Phi) is 6.61. The Bertz CT molecular complexity index is 1000. The van der Waals surface area contributed by atoms with Gasteiger partial charge in [-0.1, -0.05) is 31.5 Å². The van der Waals surface area contributed by atoms with Gasteiger partial charge in [-0.3, -0.25) is 9.69 Å². The van der Waals surface area contributed by atoms with E-state index in [1.807, 2.05) is 18.3 Å². The molecule has 3 aromatic rings. The van der Waals surface area contributed by atoms with Crippen LogP contribution >= 0.6 is 0 Å². The van der Waals surface area contributed by atoms with Gasteiger partial charge < -0.3 is 19.6 Å². The number of H-pyrrole nitrogens is 1. The Hall–Kier alpha value is -2.80. The average Bonchev–Trinajstić information content (AvgIpc) is 3.42. The van der Waals surface area contributed by atoms with E-state index in [9.17, 15) is 4.79 Å². The van der Waals surface area contributed by atoms with Gasteiger partial charge in [0.1, 0.15) is 0 Å². The number of oxazole rings is 1. The van der Waals surface area contributed by atoms with Crippen molar-refractivity contribution < 1.29 is 9.21 Å². The van der Waals surface area contributed by atoms with Crippen LogP contribution in [0.4, 0.5) is 6.01 Å². The van der Waals surface area contributed by atoms with Crippen LogP contribution in [0.2, 0.25) is 0 Å². The first-order valence-corrected chi connectivity index (χ1v) is 11.4. The van der Waals surface area contributed by atoms with Gasteiger partial charge >= 0.3 is 0 Å². The first kappa shape index (κ1) is 21.4. The minimum absolute atomic E-state index is 0.0415. The van der Waals surface area contributed by atoms with E-state index in [1.165, 1.54) is 10.9 Å². The van der Waals surface area contributed by atoms with Crippen LogP contribution in [0.3, 0.4) is 0 Å². The molecule has 2 N–H and O–H groups in total. The number of aromatic amines is 1. The molecule has 1 atom stereocenters. The molecule has 0 saturated carbocycles. The molecule has 7 heteroatoms. The maximum atomic E-state index is 12.9. The van der Waals surface area contributed by atoms with E-state index in [0.717, 1.165) is 51.0 Å². The number of hydrogen-bond donors (Lipinski definition) is 2. The molecule has 4 rings (SSSR count). The molecule has 1 fully saturated rings. The summed E-state index contributed by atoms with van der Waals surface area (Å²) < 4.78 is 5.84. The number of hydrogen-bond acceptors (Lipinski definition) is 5. The van der Waals surface area contributed by atoms with Crippen LogP contribution in [-0.4, -0.2) is 59.0 Å². The van der Waals surface area contributed by atoms with Crippen LogP contribution in [0.5, 0.6) is 0 Å². The number of aromatic nitrogens is 2. The van der Waals surface area contributed by atoms with Gasteiger partial charge in [0.05, 0.1) is 6.20 Å². The number of para-hydroxylation sites is 1. The topological polar surface area (TPSA) is 77.4 Å². The highest BCUT2D eigenvalue weighted by molar-refractivity contribution is 5.91. The van der Waals surface area contributed by atoms with Gasteiger partial charge in [0, 0.05) is 55.4 Å². The molecule has 2 aromatic heterocycles. The Morgan fingerprint density at radius 1 is 1.23 bits per heavy atom. The normalized spacial score (nSPS) is 16.2. The molecule has 0 aliphatic carbocycles. The van der Waals surface area contributed by atoms with Crippen molar-refractivity contribution in [1.82, 2.24) is 20.2 Å². The van der Waals surface area contributed by atoms with Gasteiger partial charge in [0.15, 0.2) is 0 Å². The molecule has 1 amide bonds. The number of anilines is 1. The van der Waals surface area contributed by atoms with Crippen molar-refractivity contribution in [1.29, 1.82) is 0 Å². The second kappa shape index (κ2) is 9.56. The maximum Gasteiger partial charge on any atom is 0.298 e. The molecule has 0 spiro atoms. The fraction of sp³-hybridized carbons (Fsp3) is 0.500. The standard InChI is InChI=1S/C24H33N5O2/c1-4-7-19(14-18-15-25-21-9-6-5-8-20(18)21)27-23(30)22-16-26-24(31-22)29-12-10-28(11-13-29)17(2)3/h5-6,8-9,15-17,19,25H,4,7,10-14H2,1-3H3,(H,27,30). The molecule has 1 aromatic carbocycles. The first-order chi connectivity index (χ1) is 15.0. The second-order valence-corrected chi connectivity index (χ2v) is 8.65. The van der Waals surface area contributed by atoms with Gasteiger partial charge in [-0.2, -0.15) is 0 Å².